The maximum atomic E-state index is 13.2. The van der Waals surface area contributed by atoms with Crippen molar-refractivity contribution in [2.24, 2.45) is 0 Å². The van der Waals surface area contributed by atoms with Gasteiger partial charge in [-0.1, -0.05) is 6.42 Å². The van der Waals surface area contributed by atoms with E-state index in [0.717, 1.165) is 51.9 Å². The molecule has 0 radical (unpaired) electrons. The summed E-state index contributed by atoms with van der Waals surface area (Å²) in [5.74, 6) is 0. The molecule has 2 unspecified atom stereocenters. The zero-order valence-electron chi connectivity index (χ0n) is 15.5. The van der Waals surface area contributed by atoms with Gasteiger partial charge in [-0.05, 0) is 12.8 Å². The van der Waals surface area contributed by atoms with Gasteiger partial charge >= 0.3 is 0 Å². The van der Waals surface area contributed by atoms with Crippen molar-refractivity contribution in [3.05, 3.63) is 21.5 Å². The maximum Gasteiger partial charge on any atom is 0.266 e. The minimum absolute atomic E-state index is 0.189. The van der Waals surface area contributed by atoms with E-state index in [4.69, 9.17) is 9.47 Å². The van der Waals surface area contributed by atoms with Crippen LogP contribution in [-0.4, -0.2) is 97.4 Å². The molecule has 8 nitrogen and oxygen atoms in total. The monoisotopic (exact) mass is 366 g/mol. The van der Waals surface area contributed by atoms with Gasteiger partial charge in [0.25, 0.3) is 5.70 Å². The molecule has 0 aromatic carbocycles. The van der Waals surface area contributed by atoms with Gasteiger partial charge in [0.2, 0.25) is 6.04 Å². The molecule has 3 fully saturated rings. The van der Waals surface area contributed by atoms with Crippen molar-refractivity contribution in [2.45, 2.75) is 37.8 Å². The topological polar surface area (TPSA) is 71.3 Å². The Morgan fingerprint density at radius 3 is 2.15 bits per heavy atom. The summed E-state index contributed by atoms with van der Waals surface area (Å²) < 4.78 is 12.1. The number of hydrogen-bond acceptors (Lipinski definition) is 7. The van der Waals surface area contributed by atoms with E-state index in [9.17, 15) is 10.1 Å². The molecule has 0 aromatic heterocycles. The van der Waals surface area contributed by atoms with Crippen LogP contribution in [0.5, 0.6) is 0 Å². The van der Waals surface area contributed by atoms with Gasteiger partial charge in [-0.2, -0.15) is 0 Å². The van der Waals surface area contributed by atoms with E-state index in [0.29, 0.717) is 50.9 Å². The number of nitrogens with zero attached hydrogens (tertiary/aromatic N) is 4. The highest BCUT2D eigenvalue weighted by Crippen LogP contribution is 2.34. The van der Waals surface area contributed by atoms with Crippen LogP contribution < -0.4 is 0 Å². The number of morpholine rings is 2. The van der Waals surface area contributed by atoms with Crippen LogP contribution in [0.1, 0.15) is 25.7 Å². The van der Waals surface area contributed by atoms with Crippen molar-refractivity contribution in [3.8, 4) is 0 Å². The Bertz CT molecular complexity index is 543. The second-order valence-corrected chi connectivity index (χ2v) is 7.74. The van der Waals surface area contributed by atoms with Crippen molar-refractivity contribution in [2.75, 3.05) is 65.7 Å². The summed E-state index contributed by atoms with van der Waals surface area (Å²) in [5.41, 5.74) is 1.35. The fraction of sp³-hybridized carbons (Fsp3) is 0.889. The van der Waals surface area contributed by atoms with Gasteiger partial charge in [0.1, 0.15) is 0 Å². The standard InChI is InChI=1S/C18H30N4O4/c23-21-15-3-1-2-4-16(15)22(24)18(14-20-7-11-26-12-8-20)17(21)13-19-5-9-25-10-6-19/h15-16H,1-14H2. The van der Waals surface area contributed by atoms with E-state index in [1.165, 1.54) is 9.82 Å². The lowest BCUT2D eigenvalue weighted by atomic mass is 9.87. The fourth-order valence-electron chi connectivity index (χ4n) is 4.56. The largest absolute Gasteiger partial charge is 0.758 e. The van der Waals surface area contributed by atoms with E-state index in [2.05, 4.69) is 9.80 Å². The molecular formula is C18H30N4O4. The van der Waals surface area contributed by atoms with Crippen LogP contribution in [0.25, 0.3) is 0 Å². The highest BCUT2D eigenvalue weighted by atomic mass is 16.5. The molecule has 0 aromatic rings. The van der Waals surface area contributed by atoms with E-state index in [-0.39, 0.29) is 12.1 Å². The first kappa shape index (κ1) is 18.3. The van der Waals surface area contributed by atoms with Crippen molar-refractivity contribution in [3.63, 3.8) is 0 Å². The third kappa shape index (κ3) is 3.80. The van der Waals surface area contributed by atoms with Crippen LogP contribution in [0, 0.1) is 10.1 Å². The zero-order chi connectivity index (χ0) is 17.9. The maximum absolute atomic E-state index is 13.2. The summed E-state index contributed by atoms with van der Waals surface area (Å²) in [4.78, 5) is 17.7. The Balaban J connectivity index is 1.60. The van der Waals surface area contributed by atoms with Crippen LogP contribution >= 0.6 is 0 Å². The number of rotatable bonds is 4. The van der Waals surface area contributed by atoms with E-state index >= 15 is 0 Å². The van der Waals surface area contributed by atoms with Gasteiger partial charge < -0.3 is 19.7 Å². The Kier molecular flexibility index (Phi) is 5.85. The Morgan fingerprint density at radius 2 is 1.50 bits per heavy atom. The minimum Gasteiger partial charge on any atom is -0.758 e. The van der Waals surface area contributed by atoms with Crippen LogP contribution in [0.3, 0.4) is 0 Å². The molecule has 3 heterocycles. The quantitative estimate of drug-likeness (QED) is 0.681. The Morgan fingerprint density at radius 1 is 0.923 bits per heavy atom. The molecule has 0 amide bonds. The van der Waals surface area contributed by atoms with Gasteiger partial charge in [-0.15, -0.1) is 0 Å². The number of fused-ring (bicyclic) bond motifs is 1. The highest BCUT2D eigenvalue weighted by molar-refractivity contribution is 5.17. The van der Waals surface area contributed by atoms with Crippen molar-refractivity contribution < 1.29 is 14.2 Å². The van der Waals surface area contributed by atoms with Gasteiger partial charge in [-0.25, -0.2) is 0 Å². The molecule has 2 atom stereocenters. The summed E-state index contributed by atoms with van der Waals surface area (Å²) in [6.45, 7) is 7.13. The lowest BCUT2D eigenvalue weighted by Gasteiger charge is -2.47. The molecular weight excluding hydrogens is 336 g/mol. The van der Waals surface area contributed by atoms with E-state index < -0.39 is 0 Å². The van der Waals surface area contributed by atoms with E-state index in [1.807, 2.05) is 0 Å². The highest BCUT2D eigenvalue weighted by Gasteiger charge is 2.47. The average Bonchev–Trinajstić information content (AvgIpc) is 2.70. The summed E-state index contributed by atoms with van der Waals surface area (Å²) >= 11 is 0. The third-order valence-corrected chi connectivity index (χ3v) is 6.12. The number of nitroso groups, excluding NO2 is 1. The minimum atomic E-state index is -0.189. The molecule has 0 N–H and O–H groups in total. The second kappa shape index (κ2) is 8.31. The molecule has 26 heavy (non-hydrogen) atoms. The SMILES string of the molecule is O=[N+]1C(CN2CCOCC2)=C(CN2CCOCC2)N([O-])C2CCCCC21. The van der Waals surface area contributed by atoms with Crippen LogP contribution in [0.4, 0.5) is 0 Å². The first-order valence-corrected chi connectivity index (χ1v) is 9.99. The molecule has 4 rings (SSSR count). The van der Waals surface area contributed by atoms with Crippen LogP contribution in [0.2, 0.25) is 0 Å². The Hall–Kier alpha value is -1.06. The predicted octanol–water partition coefficient (Wildman–Crippen LogP) is 0.766. The lowest BCUT2D eigenvalue weighted by molar-refractivity contribution is -0.560. The van der Waals surface area contributed by atoms with Crippen molar-refractivity contribution in [1.29, 1.82) is 0 Å². The predicted molar refractivity (Wildman–Crippen MR) is 96.4 cm³/mol. The fourth-order valence-corrected chi connectivity index (χ4v) is 4.56. The van der Waals surface area contributed by atoms with Gasteiger partial charge in [-0.3, -0.25) is 9.80 Å². The molecule has 8 heteroatoms. The average molecular weight is 366 g/mol. The lowest BCUT2D eigenvalue weighted by Crippen LogP contribution is -2.55. The molecule has 146 valence electrons. The van der Waals surface area contributed by atoms with Crippen molar-refractivity contribution in [1.82, 2.24) is 14.9 Å². The number of hydrogen-bond donors (Lipinski definition) is 0. The molecule has 1 saturated carbocycles. The van der Waals surface area contributed by atoms with Gasteiger partial charge in [0.05, 0.1) is 44.7 Å². The smallest absolute Gasteiger partial charge is 0.266 e. The summed E-state index contributed by atoms with van der Waals surface area (Å²) in [6, 6.07) is -0.378. The summed E-state index contributed by atoms with van der Waals surface area (Å²) in [6.07, 6.45) is 3.73. The molecule has 1 aliphatic carbocycles. The van der Waals surface area contributed by atoms with Gasteiger partial charge in [0.15, 0.2) is 0 Å². The van der Waals surface area contributed by atoms with Gasteiger partial charge in [0, 0.05) is 48.8 Å². The van der Waals surface area contributed by atoms with Crippen LogP contribution in [0.15, 0.2) is 11.4 Å². The molecule has 2 saturated heterocycles. The second-order valence-electron chi connectivity index (χ2n) is 7.74. The third-order valence-electron chi connectivity index (χ3n) is 6.12. The summed E-state index contributed by atoms with van der Waals surface area (Å²) in [7, 11) is 0. The summed E-state index contributed by atoms with van der Waals surface area (Å²) in [5, 5.41) is 14.4. The molecule has 3 aliphatic heterocycles. The number of ether oxygens (including phenoxy) is 2. The molecule has 0 spiro atoms. The normalized spacial score (nSPS) is 32.0. The molecule has 4 aliphatic rings. The zero-order valence-corrected chi connectivity index (χ0v) is 15.5. The van der Waals surface area contributed by atoms with E-state index in [1.54, 1.807) is 0 Å². The first-order valence-electron chi connectivity index (χ1n) is 9.99. The number of hydroxylamine groups is 2. The molecule has 0 bridgehead atoms. The van der Waals surface area contributed by atoms with Crippen LogP contribution in [-0.2, 0) is 9.47 Å². The van der Waals surface area contributed by atoms with Crippen molar-refractivity contribution >= 4 is 0 Å². The first-order chi connectivity index (χ1) is 12.7. The Labute approximate surface area is 154 Å².